The molecule has 0 N–H and O–H groups in total. The molecule has 1 rings (SSSR count). The maximum absolute atomic E-state index is 12.5. The predicted octanol–water partition coefficient (Wildman–Crippen LogP) is 5.90. The second kappa shape index (κ2) is 8.00. The van der Waals surface area contributed by atoms with Gasteiger partial charge in [-0.25, -0.2) is 9.59 Å². The second-order valence-electron chi connectivity index (χ2n) is 6.83. The van der Waals surface area contributed by atoms with Crippen molar-refractivity contribution >= 4 is 43.8 Å². The molecule has 24 heavy (non-hydrogen) atoms. The van der Waals surface area contributed by atoms with Gasteiger partial charge in [0.15, 0.2) is 0 Å². The fraction of sp³-hybridized carbons (Fsp3) is 0.556. The van der Waals surface area contributed by atoms with Crippen LogP contribution in [0.4, 0.5) is 0 Å². The number of benzene rings is 1. The summed E-state index contributed by atoms with van der Waals surface area (Å²) in [6, 6.07) is 3.12. The minimum absolute atomic E-state index is 0.284. The molecule has 0 amide bonds. The topological polar surface area (TPSA) is 52.6 Å². The molecule has 0 aromatic heterocycles. The molecule has 0 unspecified atom stereocenters. The number of ether oxygens (including phenoxy) is 2. The average Bonchev–Trinajstić information content (AvgIpc) is 2.48. The van der Waals surface area contributed by atoms with E-state index in [2.05, 4.69) is 31.9 Å². The molecule has 0 spiro atoms. The molecule has 0 aliphatic heterocycles. The Labute approximate surface area is 160 Å². The lowest BCUT2D eigenvalue weighted by molar-refractivity contribution is -0.00259. The third-order valence-electron chi connectivity index (χ3n) is 3.92. The molecule has 0 saturated heterocycles. The fourth-order valence-electron chi connectivity index (χ4n) is 1.62. The van der Waals surface area contributed by atoms with Crippen molar-refractivity contribution in [2.24, 2.45) is 0 Å². The van der Waals surface area contributed by atoms with Gasteiger partial charge >= 0.3 is 11.9 Å². The van der Waals surface area contributed by atoms with E-state index in [0.29, 0.717) is 27.4 Å². The molecule has 0 aliphatic rings. The van der Waals surface area contributed by atoms with E-state index in [0.717, 1.165) is 0 Å². The lowest BCUT2D eigenvalue weighted by atomic mass is 10.1. The van der Waals surface area contributed by atoms with E-state index in [1.54, 1.807) is 6.07 Å². The molecule has 1 aromatic rings. The third-order valence-corrected chi connectivity index (χ3v) is 5.94. The lowest BCUT2D eigenvalue weighted by Crippen LogP contribution is -2.28. The highest BCUT2D eigenvalue weighted by Gasteiger charge is 2.27. The summed E-state index contributed by atoms with van der Waals surface area (Å²) in [5, 5.41) is 0. The van der Waals surface area contributed by atoms with E-state index in [-0.39, 0.29) is 5.56 Å². The zero-order valence-electron chi connectivity index (χ0n) is 15.0. The summed E-state index contributed by atoms with van der Waals surface area (Å²) in [5.74, 6) is -0.960. The van der Waals surface area contributed by atoms with Gasteiger partial charge in [-0.3, -0.25) is 0 Å². The van der Waals surface area contributed by atoms with Crippen molar-refractivity contribution in [3.8, 4) is 0 Å². The normalized spacial score (nSPS) is 12.0. The molecule has 0 saturated carbocycles. The molecule has 6 heteroatoms. The molecule has 134 valence electrons. The first-order valence-corrected chi connectivity index (χ1v) is 9.46. The number of carbonyl (C=O) groups is 2. The summed E-state index contributed by atoms with van der Waals surface area (Å²) < 4.78 is 12.2. The Morgan fingerprint density at radius 3 is 1.83 bits per heavy atom. The minimum Gasteiger partial charge on any atom is -0.456 e. The van der Waals surface area contributed by atoms with Crippen molar-refractivity contribution < 1.29 is 19.1 Å². The second-order valence-corrected chi connectivity index (χ2v) is 8.47. The molecule has 4 nitrogen and oxygen atoms in total. The summed E-state index contributed by atoms with van der Waals surface area (Å²) in [5.41, 5.74) is -0.564. The zero-order valence-corrected chi connectivity index (χ0v) is 18.1. The van der Waals surface area contributed by atoms with Crippen LogP contribution < -0.4 is 0 Å². The predicted molar refractivity (Wildman–Crippen MR) is 101 cm³/mol. The standard InChI is InChI=1S/C18H24Br2O4/c1-7-17(3,4)23-15(21)11-9-12(14(20)13(19)10-11)16(22)24-18(5,6)8-2/h9-10H,7-8H2,1-6H3. The molecular formula is C18H24Br2O4. The maximum atomic E-state index is 12.5. The minimum atomic E-state index is -0.580. The molecule has 0 aliphatic carbocycles. The van der Waals surface area contributed by atoms with Gasteiger partial charge < -0.3 is 9.47 Å². The average molecular weight is 464 g/mol. The number of carbonyl (C=O) groups excluding carboxylic acids is 2. The van der Waals surface area contributed by atoms with Gasteiger partial charge in [-0.2, -0.15) is 0 Å². The molecule has 0 radical (unpaired) electrons. The monoisotopic (exact) mass is 462 g/mol. The Hall–Kier alpha value is -0.880. The first-order chi connectivity index (χ1) is 10.9. The summed E-state index contributed by atoms with van der Waals surface area (Å²) in [4.78, 5) is 24.9. The van der Waals surface area contributed by atoms with Gasteiger partial charge in [-0.15, -0.1) is 0 Å². The Kier molecular flexibility index (Phi) is 7.05. The summed E-state index contributed by atoms with van der Waals surface area (Å²) >= 11 is 6.73. The van der Waals surface area contributed by atoms with Gasteiger partial charge in [-0.1, -0.05) is 13.8 Å². The van der Waals surface area contributed by atoms with Crippen molar-refractivity contribution in [2.45, 2.75) is 65.6 Å². The van der Waals surface area contributed by atoms with E-state index in [1.807, 2.05) is 41.5 Å². The SMILES string of the molecule is CCC(C)(C)OC(=O)c1cc(Br)c(Br)c(C(=O)OC(C)(C)CC)c1. The van der Waals surface area contributed by atoms with E-state index in [9.17, 15) is 9.59 Å². The van der Waals surface area contributed by atoms with Crippen molar-refractivity contribution in [3.63, 3.8) is 0 Å². The maximum Gasteiger partial charge on any atom is 0.339 e. The van der Waals surface area contributed by atoms with E-state index >= 15 is 0 Å². The van der Waals surface area contributed by atoms with Crippen LogP contribution in [0.2, 0.25) is 0 Å². The molecule has 0 heterocycles. The summed E-state index contributed by atoms with van der Waals surface area (Å²) in [6.45, 7) is 11.3. The Balaban J connectivity index is 3.18. The smallest absolute Gasteiger partial charge is 0.339 e. The molecule has 0 bridgehead atoms. The fourth-order valence-corrected chi connectivity index (χ4v) is 2.47. The highest BCUT2D eigenvalue weighted by molar-refractivity contribution is 9.13. The van der Waals surface area contributed by atoms with Crippen molar-refractivity contribution in [3.05, 3.63) is 32.2 Å². The highest BCUT2D eigenvalue weighted by atomic mass is 79.9. The molecule has 0 fully saturated rings. The summed E-state index contributed by atoms with van der Waals surface area (Å²) in [7, 11) is 0. The van der Waals surface area contributed by atoms with Crippen molar-refractivity contribution in [1.29, 1.82) is 0 Å². The van der Waals surface area contributed by atoms with Gasteiger partial charge in [0, 0.05) is 8.95 Å². The van der Waals surface area contributed by atoms with Gasteiger partial charge in [-0.05, 0) is 84.5 Å². The van der Waals surface area contributed by atoms with Crippen molar-refractivity contribution in [1.82, 2.24) is 0 Å². The molecule has 0 atom stereocenters. The number of rotatable bonds is 6. The molecular weight excluding hydrogens is 440 g/mol. The van der Waals surface area contributed by atoms with E-state index in [1.165, 1.54) is 6.07 Å². The van der Waals surface area contributed by atoms with Crippen LogP contribution in [0.15, 0.2) is 21.1 Å². The van der Waals surface area contributed by atoms with Crippen LogP contribution in [0.25, 0.3) is 0 Å². The summed E-state index contributed by atoms with van der Waals surface area (Å²) in [6.07, 6.45) is 1.37. The largest absolute Gasteiger partial charge is 0.456 e. The van der Waals surface area contributed by atoms with E-state index < -0.39 is 23.1 Å². The first-order valence-electron chi connectivity index (χ1n) is 7.88. The Bertz CT molecular complexity index is 636. The quantitative estimate of drug-likeness (QED) is 0.492. The van der Waals surface area contributed by atoms with Crippen LogP contribution in [-0.4, -0.2) is 23.1 Å². The van der Waals surface area contributed by atoms with Crippen LogP contribution in [0.1, 0.15) is 75.1 Å². The van der Waals surface area contributed by atoms with Gasteiger partial charge in [0.1, 0.15) is 11.2 Å². The lowest BCUT2D eigenvalue weighted by Gasteiger charge is -2.25. The van der Waals surface area contributed by atoms with Crippen molar-refractivity contribution in [2.75, 3.05) is 0 Å². The third kappa shape index (κ3) is 5.59. The molecule has 1 aromatic carbocycles. The van der Waals surface area contributed by atoms with Gasteiger partial charge in [0.2, 0.25) is 0 Å². The van der Waals surface area contributed by atoms with Crippen LogP contribution in [0.3, 0.4) is 0 Å². The van der Waals surface area contributed by atoms with Crippen LogP contribution in [-0.2, 0) is 9.47 Å². The van der Waals surface area contributed by atoms with Gasteiger partial charge in [0.25, 0.3) is 0 Å². The first kappa shape index (κ1) is 21.2. The number of esters is 2. The van der Waals surface area contributed by atoms with Crippen LogP contribution >= 0.6 is 31.9 Å². The Morgan fingerprint density at radius 2 is 1.38 bits per heavy atom. The Morgan fingerprint density at radius 1 is 0.917 bits per heavy atom. The number of halogens is 2. The number of hydrogen-bond acceptors (Lipinski definition) is 4. The number of hydrogen-bond donors (Lipinski definition) is 0. The van der Waals surface area contributed by atoms with Crippen LogP contribution in [0, 0.1) is 0 Å². The van der Waals surface area contributed by atoms with E-state index in [4.69, 9.17) is 9.47 Å². The van der Waals surface area contributed by atoms with Crippen LogP contribution in [0.5, 0.6) is 0 Å². The highest BCUT2D eigenvalue weighted by Crippen LogP contribution is 2.31. The zero-order chi connectivity index (χ0) is 18.7. The van der Waals surface area contributed by atoms with Gasteiger partial charge in [0.05, 0.1) is 11.1 Å².